The third-order valence-electron chi connectivity index (χ3n) is 3.11. The van der Waals surface area contributed by atoms with Gasteiger partial charge in [-0.1, -0.05) is 26.0 Å². The molecule has 1 aromatic rings. The van der Waals surface area contributed by atoms with E-state index in [4.69, 9.17) is 0 Å². The van der Waals surface area contributed by atoms with Crippen molar-refractivity contribution in [1.29, 1.82) is 0 Å². The Morgan fingerprint density at radius 3 is 2.39 bits per heavy atom. The van der Waals surface area contributed by atoms with Gasteiger partial charge in [0, 0.05) is 10.5 Å². The first kappa shape index (κ1) is 15.7. The van der Waals surface area contributed by atoms with Gasteiger partial charge in [0.05, 0.1) is 10.1 Å². The average Bonchev–Trinajstić information content (AvgIpc) is 2.35. The second-order valence-corrected chi connectivity index (χ2v) is 7.38. The minimum absolute atomic E-state index is 0.0212. The maximum atomic E-state index is 12.6. The fourth-order valence-electron chi connectivity index (χ4n) is 2.00. The molecule has 0 fully saturated rings. The van der Waals surface area contributed by atoms with E-state index in [1.54, 1.807) is 25.1 Å². The molecular weight excluding hydrogens is 314 g/mol. The monoisotopic (exact) mass is 333 g/mol. The molecule has 0 aliphatic heterocycles. The second kappa shape index (κ2) is 6.68. The van der Waals surface area contributed by atoms with E-state index in [0.717, 1.165) is 13.0 Å². The Morgan fingerprint density at radius 2 is 1.89 bits per heavy atom. The first-order valence-electron chi connectivity index (χ1n) is 6.16. The lowest BCUT2D eigenvalue weighted by molar-refractivity contribution is 0.483. The zero-order valence-corrected chi connectivity index (χ0v) is 13.4. The van der Waals surface area contributed by atoms with Crippen LogP contribution in [0.5, 0.6) is 0 Å². The van der Waals surface area contributed by atoms with Crippen molar-refractivity contribution in [3.8, 4) is 0 Å². The van der Waals surface area contributed by atoms with Crippen molar-refractivity contribution < 1.29 is 8.42 Å². The smallest absolute Gasteiger partial charge is 0.183 e. The van der Waals surface area contributed by atoms with Crippen LogP contribution in [0.25, 0.3) is 0 Å². The lowest BCUT2D eigenvalue weighted by atomic mass is 10.2. The van der Waals surface area contributed by atoms with Crippen molar-refractivity contribution >= 4 is 25.8 Å². The number of hydrogen-bond acceptors (Lipinski definition) is 3. The van der Waals surface area contributed by atoms with Crippen molar-refractivity contribution in [3.05, 3.63) is 28.7 Å². The number of benzene rings is 1. The third kappa shape index (κ3) is 3.33. The molecule has 0 aliphatic rings. The van der Waals surface area contributed by atoms with Crippen LogP contribution in [-0.2, 0) is 9.84 Å². The molecule has 18 heavy (non-hydrogen) atoms. The fourth-order valence-corrected chi connectivity index (χ4v) is 4.69. The number of hydrogen-bond donors (Lipinski definition) is 1. The third-order valence-corrected chi connectivity index (χ3v) is 6.34. The van der Waals surface area contributed by atoms with Crippen molar-refractivity contribution in [2.75, 3.05) is 6.54 Å². The molecule has 0 saturated carbocycles. The zero-order valence-electron chi connectivity index (χ0n) is 11.0. The molecule has 1 rings (SSSR count). The Kier molecular flexibility index (Phi) is 5.82. The summed E-state index contributed by atoms with van der Waals surface area (Å²) in [6, 6.07) is 6.95. The highest BCUT2D eigenvalue weighted by atomic mass is 79.9. The molecule has 0 aliphatic carbocycles. The van der Waals surface area contributed by atoms with Gasteiger partial charge < -0.3 is 5.32 Å². The number of nitrogens with one attached hydrogen (secondary N) is 1. The molecule has 1 N–H and O–H groups in total. The Labute approximate surface area is 118 Å². The van der Waals surface area contributed by atoms with Crippen molar-refractivity contribution in [3.63, 3.8) is 0 Å². The minimum atomic E-state index is -3.31. The molecule has 3 nitrogen and oxygen atoms in total. The van der Waals surface area contributed by atoms with Crippen LogP contribution in [0.4, 0.5) is 0 Å². The Bertz CT molecular complexity index is 488. The van der Waals surface area contributed by atoms with Gasteiger partial charge in [-0.3, -0.25) is 0 Å². The highest BCUT2D eigenvalue weighted by Crippen LogP contribution is 2.26. The van der Waals surface area contributed by atoms with Gasteiger partial charge >= 0.3 is 0 Å². The summed E-state index contributed by atoms with van der Waals surface area (Å²) in [4.78, 5) is 0.369. The summed E-state index contributed by atoms with van der Waals surface area (Å²) in [7, 11) is -3.31. The van der Waals surface area contributed by atoms with Gasteiger partial charge in [0.25, 0.3) is 0 Å². The molecule has 1 aromatic carbocycles. The summed E-state index contributed by atoms with van der Waals surface area (Å²) in [5, 5.41) is 2.79. The van der Waals surface area contributed by atoms with Crippen LogP contribution < -0.4 is 5.32 Å². The van der Waals surface area contributed by atoms with Gasteiger partial charge in [0.1, 0.15) is 0 Å². The summed E-state index contributed by atoms with van der Waals surface area (Å²) >= 11 is 3.31. The topological polar surface area (TPSA) is 46.2 Å². The van der Waals surface area contributed by atoms with Crippen LogP contribution in [-0.4, -0.2) is 26.3 Å². The second-order valence-electron chi connectivity index (χ2n) is 4.25. The standard InChI is InChI=1S/C13H20BrNO2S/c1-4-12(15-5-2)10(3)18(16,17)13-9-7-6-8-11(13)14/h6-10,12,15H,4-5H2,1-3H3. The predicted octanol–water partition coefficient (Wildman–Crippen LogP) is 3.00. The normalized spacial score (nSPS) is 15.3. The van der Waals surface area contributed by atoms with Crippen LogP contribution in [0, 0.1) is 0 Å². The molecule has 0 bridgehead atoms. The molecule has 0 saturated heterocycles. The van der Waals surface area contributed by atoms with Gasteiger partial charge in [-0.2, -0.15) is 0 Å². The van der Waals surface area contributed by atoms with Gasteiger partial charge in [-0.25, -0.2) is 8.42 Å². The SMILES string of the molecule is CCNC(CC)C(C)S(=O)(=O)c1ccccc1Br. The predicted molar refractivity (Wildman–Crippen MR) is 78.5 cm³/mol. The molecule has 102 valence electrons. The Morgan fingerprint density at radius 1 is 1.28 bits per heavy atom. The lowest BCUT2D eigenvalue weighted by Gasteiger charge is -2.24. The van der Waals surface area contributed by atoms with Crippen molar-refractivity contribution in [1.82, 2.24) is 5.32 Å². The molecule has 5 heteroatoms. The van der Waals surface area contributed by atoms with E-state index in [2.05, 4.69) is 21.2 Å². The zero-order chi connectivity index (χ0) is 13.8. The molecule has 2 atom stereocenters. The molecule has 0 heterocycles. The maximum absolute atomic E-state index is 12.6. The molecular formula is C13H20BrNO2S. The van der Waals surface area contributed by atoms with E-state index < -0.39 is 15.1 Å². The van der Waals surface area contributed by atoms with E-state index in [9.17, 15) is 8.42 Å². The first-order valence-corrected chi connectivity index (χ1v) is 8.50. The summed E-state index contributed by atoms with van der Waals surface area (Å²) in [5.41, 5.74) is 0. The maximum Gasteiger partial charge on any atom is 0.183 e. The van der Waals surface area contributed by atoms with Crippen LogP contribution in [0.2, 0.25) is 0 Å². The Hall–Kier alpha value is -0.390. The summed E-state index contributed by atoms with van der Waals surface area (Å²) < 4.78 is 25.7. The van der Waals surface area contributed by atoms with Gasteiger partial charge in [-0.05, 0) is 48.0 Å². The van der Waals surface area contributed by atoms with Crippen molar-refractivity contribution in [2.45, 2.75) is 43.4 Å². The minimum Gasteiger partial charge on any atom is -0.313 e. The van der Waals surface area contributed by atoms with Crippen molar-refractivity contribution in [2.24, 2.45) is 0 Å². The summed E-state index contributed by atoms with van der Waals surface area (Å²) in [6.07, 6.45) is 0.790. The van der Waals surface area contributed by atoms with Crippen LogP contribution in [0.15, 0.2) is 33.6 Å². The van der Waals surface area contributed by atoms with E-state index >= 15 is 0 Å². The summed E-state index contributed by atoms with van der Waals surface area (Å²) in [6.45, 7) is 6.53. The lowest BCUT2D eigenvalue weighted by Crippen LogP contribution is -2.42. The highest BCUT2D eigenvalue weighted by Gasteiger charge is 2.30. The highest BCUT2D eigenvalue weighted by molar-refractivity contribution is 9.10. The van der Waals surface area contributed by atoms with Gasteiger partial charge in [0.15, 0.2) is 9.84 Å². The van der Waals surface area contributed by atoms with Crippen LogP contribution >= 0.6 is 15.9 Å². The fraction of sp³-hybridized carbons (Fsp3) is 0.538. The number of halogens is 1. The number of rotatable bonds is 6. The van der Waals surface area contributed by atoms with Crippen LogP contribution in [0.3, 0.4) is 0 Å². The van der Waals surface area contributed by atoms with E-state index in [-0.39, 0.29) is 6.04 Å². The molecule has 0 aromatic heterocycles. The average molecular weight is 334 g/mol. The van der Waals surface area contributed by atoms with E-state index in [1.807, 2.05) is 19.9 Å². The van der Waals surface area contributed by atoms with E-state index in [0.29, 0.717) is 9.37 Å². The largest absolute Gasteiger partial charge is 0.313 e. The van der Waals surface area contributed by atoms with Crippen LogP contribution in [0.1, 0.15) is 27.2 Å². The number of sulfone groups is 1. The summed E-state index contributed by atoms with van der Waals surface area (Å²) in [5.74, 6) is 0. The molecule has 0 radical (unpaired) electrons. The molecule has 2 unspecified atom stereocenters. The quantitative estimate of drug-likeness (QED) is 0.870. The van der Waals surface area contributed by atoms with Gasteiger partial charge in [0.2, 0.25) is 0 Å². The van der Waals surface area contributed by atoms with E-state index in [1.165, 1.54) is 0 Å². The molecule has 0 amide bonds. The first-order chi connectivity index (χ1) is 8.45. The molecule has 0 spiro atoms. The Balaban J connectivity index is 3.10. The van der Waals surface area contributed by atoms with Gasteiger partial charge in [-0.15, -0.1) is 0 Å².